The van der Waals surface area contributed by atoms with E-state index in [-0.39, 0.29) is 12.0 Å². The molecule has 1 atom stereocenters. The van der Waals surface area contributed by atoms with Crippen molar-refractivity contribution in [3.05, 3.63) is 48.0 Å². The summed E-state index contributed by atoms with van der Waals surface area (Å²) >= 11 is 0. The van der Waals surface area contributed by atoms with Crippen LogP contribution in [0, 0.1) is 0 Å². The van der Waals surface area contributed by atoms with Crippen LogP contribution in [0.25, 0.3) is 10.8 Å². The summed E-state index contributed by atoms with van der Waals surface area (Å²) in [6.45, 7) is 6.41. The molecule has 4 rings (SSSR count). The third-order valence-electron chi connectivity index (χ3n) is 5.16. The van der Waals surface area contributed by atoms with E-state index < -0.39 is 0 Å². The van der Waals surface area contributed by atoms with Gasteiger partial charge in [0.2, 0.25) is 0 Å². The highest BCUT2D eigenvalue weighted by Crippen LogP contribution is 2.20. The number of benzene rings is 2. The molecule has 1 amide bonds. The molecule has 5 nitrogen and oxygen atoms in total. The quantitative estimate of drug-likeness (QED) is 0.920. The third kappa shape index (κ3) is 3.68. The molecule has 0 saturated carbocycles. The number of morpholine rings is 1. The molecule has 0 aliphatic carbocycles. The fraction of sp³-hybridized carbons (Fsp3) is 0.450. The molecule has 0 radical (unpaired) electrons. The van der Waals surface area contributed by atoms with Crippen molar-refractivity contribution in [2.45, 2.75) is 12.6 Å². The molecule has 0 bridgehead atoms. The van der Waals surface area contributed by atoms with Crippen molar-refractivity contribution in [3.63, 3.8) is 0 Å². The minimum absolute atomic E-state index is 0.136. The number of nitrogens with zero attached hydrogens (tertiary/aromatic N) is 2. The second kappa shape index (κ2) is 7.52. The van der Waals surface area contributed by atoms with Crippen LogP contribution in [0.3, 0.4) is 0 Å². The van der Waals surface area contributed by atoms with Crippen LogP contribution in [0.4, 0.5) is 0 Å². The highest BCUT2D eigenvalue weighted by molar-refractivity contribution is 5.85. The Morgan fingerprint density at radius 1 is 1.08 bits per heavy atom. The minimum atomic E-state index is -0.307. The lowest BCUT2D eigenvalue weighted by Gasteiger charge is -2.37. The van der Waals surface area contributed by atoms with Gasteiger partial charge in [0, 0.05) is 45.8 Å². The van der Waals surface area contributed by atoms with Gasteiger partial charge in [-0.3, -0.25) is 9.69 Å². The summed E-state index contributed by atoms with van der Waals surface area (Å²) in [5.41, 5.74) is 1.36. The zero-order valence-electron chi connectivity index (χ0n) is 14.5. The first-order chi connectivity index (χ1) is 12.3. The Balaban J connectivity index is 1.36. The molecule has 132 valence electrons. The highest BCUT2D eigenvalue weighted by Gasteiger charge is 2.29. The van der Waals surface area contributed by atoms with E-state index in [0.717, 1.165) is 39.3 Å². The molecule has 2 fully saturated rings. The first-order valence-corrected chi connectivity index (χ1v) is 9.11. The Hall–Kier alpha value is -1.95. The van der Waals surface area contributed by atoms with E-state index in [9.17, 15) is 4.79 Å². The summed E-state index contributed by atoms with van der Waals surface area (Å²) in [5, 5.41) is 5.84. The predicted molar refractivity (Wildman–Crippen MR) is 98.4 cm³/mol. The maximum Gasteiger partial charge on any atom is 0.253 e. The number of carbonyl (C=O) groups excluding carboxylic acids is 1. The van der Waals surface area contributed by atoms with Crippen LogP contribution < -0.4 is 5.32 Å². The standard InChI is InChI=1S/C20H25N3O2/c24-20(19-14-21-8-13-25-19)23-11-9-22(10-12-23)15-17-6-3-5-16-4-1-2-7-18(16)17/h1-7,19,21H,8-15H2. The fourth-order valence-corrected chi connectivity index (χ4v) is 3.73. The molecule has 25 heavy (non-hydrogen) atoms. The zero-order valence-corrected chi connectivity index (χ0v) is 14.5. The first-order valence-electron chi connectivity index (χ1n) is 9.11. The number of carbonyl (C=O) groups is 1. The van der Waals surface area contributed by atoms with Crippen LogP contribution in [0.1, 0.15) is 5.56 Å². The molecule has 2 aliphatic rings. The molecule has 2 aliphatic heterocycles. The minimum Gasteiger partial charge on any atom is -0.366 e. The lowest BCUT2D eigenvalue weighted by molar-refractivity contribution is -0.147. The Kier molecular flexibility index (Phi) is 4.97. The molecule has 2 saturated heterocycles. The number of piperazine rings is 1. The van der Waals surface area contributed by atoms with E-state index in [2.05, 4.69) is 52.7 Å². The van der Waals surface area contributed by atoms with Gasteiger partial charge in [0.25, 0.3) is 5.91 Å². The van der Waals surface area contributed by atoms with Gasteiger partial charge in [-0.15, -0.1) is 0 Å². The van der Waals surface area contributed by atoms with Crippen LogP contribution in [0.2, 0.25) is 0 Å². The summed E-state index contributed by atoms with van der Waals surface area (Å²) in [5.74, 6) is 0.136. The zero-order chi connectivity index (χ0) is 17.1. The van der Waals surface area contributed by atoms with Crippen LogP contribution in [0.15, 0.2) is 42.5 Å². The Morgan fingerprint density at radius 3 is 2.68 bits per heavy atom. The second-order valence-electron chi connectivity index (χ2n) is 6.80. The van der Waals surface area contributed by atoms with Crippen LogP contribution in [-0.2, 0) is 16.1 Å². The molecule has 1 N–H and O–H groups in total. The number of ether oxygens (including phenoxy) is 1. The van der Waals surface area contributed by atoms with Crippen molar-refractivity contribution in [1.29, 1.82) is 0 Å². The van der Waals surface area contributed by atoms with E-state index in [4.69, 9.17) is 4.74 Å². The van der Waals surface area contributed by atoms with E-state index in [1.807, 2.05) is 4.90 Å². The van der Waals surface area contributed by atoms with Crippen molar-refractivity contribution in [2.75, 3.05) is 45.9 Å². The molecular weight excluding hydrogens is 314 g/mol. The topological polar surface area (TPSA) is 44.8 Å². The first kappa shape index (κ1) is 16.5. The van der Waals surface area contributed by atoms with E-state index in [1.165, 1.54) is 16.3 Å². The molecule has 0 spiro atoms. The van der Waals surface area contributed by atoms with Crippen molar-refractivity contribution in [2.24, 2.45) is 0 Å². The monoisotopic (exact) mass is 339 g/mol. The normalized spacial score (nSPS) is 22.2. The number of amides is 1. The van der Waals surface area contributed by atoms with E-state index in [1.54, 1.807) is 0 Å². The maximum absolute atomic E-state index is 12.5. The summed E-state index contributed by atoms with van der Waals surface area (Å²) < 4.78 is 5.60. The van der Waals surface area contributed by atoms with Crippen LogP contribution in [-0.4, -0.2) is 67.7 Å². The molecule has 2 aromatic carbocycles. The van der Waals surface area contributed by atoms with Gasteiger partial charge in [-0.25, -0.2) is 0 Å². The summed E-state index contributed by atoms with van der Waals surface area (Å²) in [6, 6.07) is 15.0. The summed E-state index contributed by atoms with van der Waals surface area (Å²) in [7, 11) is 0. The Morgan fingerprint density at radius 2 is 1.88 bits per heavy atom. The van der Waals surface area contributed by atoms with Gasteiger partial charge < -0.3 is 15.0 Å². The number of fused-ring (bicyclic) bond motifs is 1. The van der Waals surface area contributed by atoms with Crippen molar-refractivity contribution < 1.29 is 9.53 Å². The molecule has 2 aromatic rings. The van der Waals surface area contributed by atoms with Gasteiger partial charge in [0.1, 0.15) is 6.10 Å². The molecule has 2 heterocycles. The van der Waals surface area contributed by atoms with Gasteiger partial charge in [0.05, 0.1) is 6.61 Å². The van der Waals surface area contributed by atoms with Gasteiger partial charge in [-0.05, 0) is 16.3 Å². The van der Waals surface area contributed by atoms with Gasteiger partial charge in [-0.1, -0.05) is 42.5 Å². The Labute approximate surface area is 148 Å². The number of hydrogen-bond donors (Lipinski definition) is 1. The maximum atomic E-state index is 12.5. The lowest BCUT2D eigenvalue weighted by atomic mass is 10.0. The lowest BCUT2D eigenvalue weighted by Crippen LogP contribution is -2.54. The highest BCUT2D eigenvalue weighted by atomic mass is 16.5. The van der Waals surface area contributed by atoms with Crippen LogP contribution >= 0.6 is 0 Å². The SMILES string of the molecule is O=C(C1CNCCO1)N1CCN(Cc2cccc3ccccc23)CC1. The average molecular weight is 339 g/mol. The molecular formula is C20H25N3O2. The third-order valence-corrected chi connectivity index (χ3v) is 5.16. The van der Waals surface area contributed by atoms with Crippen LogP contribution in [0.5, 0.6) is 0 Å². The Bertz CT molecular complexity index is 729. The fourth-order valence-electron chi connectivity index (χ4n) is 3.73. The van der Waals surface area contributed by atoms with E-state index in [0.29, 0.717) is 13.2 Å². The van der Waals surface area contributed by atoms with Gasteiger partial charge in [-0.2, -0.15) is 0 Å². The molecule has 1 unspecified atom stereocenters. The smallest absolute Gasteiger partial charge is 0.253 e. The second-order valence-corrected chi connectivity index (χ2v) is 6.80. The largest absolute Gasteiger partial charge is 0.366 e. The average Bonchev–Trinajstić information content (AvgIpc) is 2.69. The molecule has 5 heteroatoms. The summed E-state index contributed by atoms with van der Waals surface area (Å²) in [4.78, 5) is 16.9. The van der Waals surface area contributed by atoms with Gasteiger partial charge in [0.15, 0.2) is 0 Å². The number of hydrogen-bond acceptors (Lipinski definition) is 4. The van der Waals surface area contributed by atoms with E-state index >= 15 is 0 Å². The molecule has 0 aromatic heterocycles. The number of nitrogens with one attached hydrogen (secondary N) is 1. The number of rotatable bonds is 3. The van der Waals surface area contributed by atoms with Crippen molar-refractivity contribution >= 4 is 16.7 Å². The predicted octanol–water partition coefficient (Wildman–Crippen LogP) is 1.47. The van der Waals surface area contributed by atoms with Gasteiger partial charge >= 0.3 is 0 Å². The van der Waals surface area contributed by atoms with Crippen molar-refractivity contribution in [1.82, 2.24) is 15.1 Å². The van der Waals surface area contributed by atoms with Crippen molar-refractivity contribution in [3.8, 4) is 0 Å². The summed E-state index contributed by atoms with van der Waals surface area (Å²) in [6.07, 6.45) is -0.307.